The van der Waals surface area contributed by atoms with Gasteiger partial charge in [-0.3, -0.25) is 9.59 Å². The Morgan fingerprint density at radius 2 is 2.08 bits per heavy atom. The average molecular weight is 338 g/mol. The highest BCUT2D eigenvalue weighted by Gasteiger charge is 2.10. The lowest BCUT2D eigenvalue weighted by Gasteiger charge is -2.14. The predicted octanol–water partition coefficient (Wildman–Crippen LogP) is 2.75. The summed E-state index contributed by atoms with van der Waals surface area (Å²) in [7, 11) is 0. The van der Waals surface area contributed by atoms with E-state index in [-0.39, 0.29) is 18.2 Å². The molecule has 0 aliphatic heterocycles. The zero-order chi connectivity index (χ0) is 17.6. The molecule has 0 fully saturated rings. The fourth-order valence-electron chi connectivity index (χ4n) is 2.27. The van der Waals surface area contributed by atoms with Crippen LogP contribution in [0.1, 0.15) is 56.5 Å². The lowest BCUT2D eigenvalue weighted by molar-refractivity contribution is -0.120. The topological polar surface area (TPSA) is 80.6 Å². The van der Waals surface area contributed by atoms with Crippen LogP contribution in [-0.4, -0.2) is 38.1 Å². The van der Waals surface area contributed by atoms with Gasteiger partial charge in [-0.2, -0.15) is 0 Å². The fourth-order valence-corrected chi connectivity index (χ4v) is 2.27. The van der Waals surface area contributed by atoms with E-state index in [0.29, 0.717) is 19.1 Å². The Morgan fingerprint density at radius 3 is 2.75 bits per heavy atom. The van der Waals surface area contributed by atoms with Gasteiger partial charge in [-0.15, -0.1) is 0 Å². The number of amides is 2. The Bertz CT molecular complexity index is 460. The Morgan fingerprint density at radius 1 is 1.25 bits per heavy atom. The number of ether oxygens (including phenoxy) is 1. The Hall–Kier alpha value is -1.82. The summed E-state index contributed by atoms with van der Waals surface area (Å²) in [4.78, 5) is 23.2. The second-order valence-electron chi connectivity index (χ2n) is 5.85. The molecule has 6 heteroatoms. The monoisotopic (exact) mass is 338 g/mol. The van der Waals surface area contributed by atoms with Crippen molar-refractivity contribution in [3.8, 4) is 0 Å². The van der Waals surface area contributed by atoms with Gasteiger partial charge in [-0.05, 0) is 30.9 Å². The van der Waals surface area contributed by atoms with E-state index in [2.05, 4.69) is 24.5 Å². The van der Waals surface area contributed by atoms with E-state index in [9.17, 15) is 9.59 Å². The van der Waals surface area contributed by atoms with E-state index in [4.69, 9.17) is 9.15 Å². The molecule has 0 saturated carbocycles. The Labute approximate surface area is 144 Å². The van der Waals surface area contributed by atoms with Gasteiger partial charge >= 0.3 is 0 Å². The molecule has 1 heterocycles. The highest BCUT2D eigenvalue weighted by molar-refractivity contribution is 5.94. The quantitative estimate of drug-likeness (QED) is 0.542. The van der Waals surface area contributed by atoms with Crippen molar-refractivity contribution in [2.75, 3.05) is 26.3 Å². The maximum atomic E-state index is 11.6. The molecule has 1 rings (SSSR count). The number of furan rings is 1. The van der Waals surface area contributed by atoms with Crippen LogP contribution in [0, 0.1) is 5.92 Å². The standard InChI is InChI=1S/C18H30N2O4/c1-3-5-8-15(4-2)14-23-11-7-10-19-17(21)13-20-18(22)16-9-6-12-24-16/h6,9,12,15H,3-5,7-8,10-11,13-14H2,1-2H3,(H,19,21)(H,20,22). The molecule has 0 aromatic carbocycles. The smallest absolute Gasteiger partial charge is 0.287 e. The van der Waals surface area contributed by atoms with Crippen molar-refractivity contribution < 1.29 is 18.7 Å². The largest absolute Gasteiger partial charge is 0.459 e. The van der Waals surface area contributed by atoms with E-state index in [1.54, 1.807) is 12.1 Å². The van der Waals surface area contributed by atoms with Gasteiger partial charge in [-0.25, -0.2) is 0 Å². The van der Waals surface area contributed by atoms with Gasteiger partial charge in [0.2, 0.25) is 5.91 Å². The van der Waals surface area contributed by atoms with Gasteiger partial charge in [0.05, 0.1) is 12.8 Å². The lowest BCUT2D eigenvalue weighted by atomic mass is 10.0. The molecule has 1 unspecified atom stereocenters. The second kappa shape index (κ2) is 12.6. The lowest BCUT2D eigenvalue weighted by Crippen LogP contribution is -2.37. The van der Waals surface area contributed by atoms with Crippen molar-refractivity contribution in [2.45, 2.75) is 46.0 Å². The van der Waals surface area contributed by atoms with Crippen molar-refractivity contribution in [2.24, 2.45) is 5.92 Å². The number of unbranched alkanes of at least 4 members (excludes halogenated alkanes) is 1. The molecular formula is C18H30N2O4. The summed E-state index contributed by atoms with van der Waals surface area (Å²) in [5, 5.41) is 5.26. The molecular weight excluding hydrogens is 308 g/mol. The first kappa shape index (κ1) is 20.2. The molecule has 2 N–H and O–H groups in total. The van der Waals surface area contributed by atoms with E-state index in [0.717, 1.165) is 19.4 Å². The van der Waals surface area contributed by atoms with Crippen molar-refractivity contribution >= 4 is 11.8 Å². The van der Waals surface area contributed by atoms with Crippen molar-refractivity contribution in [3.05, 3.63) is 24.2 Å². The second-order valence-corrected chi connectivity index (χ2v) is 5.85. The first-order valence-corrected chi connectivity index (χ1v) is 8.83. The van der Waals surface area contributed by atoms with Crippen molar-refractivity contribution in [1.29, 1.82) is 0 Å². The van der Waals surface area contributed by atoms with Crippen LogP contribution >= 0.6 is 0 Å². The summed E-state index contributed by atoms with van der Waals surface area (Å²) in [5.74, 6) is 0.224. The molecule has 1 aromatic rings. The normalized spacial score (nSPS) is 11.9. The number of carbonyl (C=O) groups is 2. The summed E-state index contributed by atoms with van der Waals surface area (Å²) in [6.07, 6.45) is 7.02. The molecule has 0 saturated heterocycles. The van der Waals surface area contributed by atoms with Gasteiger partial charge < -0.3 is 19.8 Å². The van der Waals surface area contributed by atoms with E-state index >= 15 is 0 Å². The summed E-state index contributed by atoms with van der Waals surface area (Å²) in [6.45, 7) is 6.32. The number of rotatable bonds is 13. The summed E-state index contributed by atoms with van der Waals surface area (Å²) in [6, 6.07) is 3.18. The third-order valence-electron chi connectivity index (χ3n) is 3.84. The SMILES string of the molecule is CCCCC(CC)COCCCNC(=O)CNC(=O)c1ccco1. The van der Waals surface area contributed by atoms with Crippen molar-refractivity contribution in [3.63, 3.8) is 0 Å². The zero-order valence-corrected chi connectivity index (χ0v) is 14.8. The number of nitrogens with one attached hydrogen (secondary N) is 2. The Kier molecular flexibility index (Phi) is 10.6. The van der Waals surface area contributed by atoms with Gasteiger partial charge in [0, 0.05) is 19.8 Å². The van der Waals surface area contributed by atoms with E-state index in [1.165, 1.54) is 25.5 Å². The first-order valence-electron chi connectivity index (χ1n) is 8.83. The number of hydrogen-bond donors (Lipinski definition) is 2. The summed E-state index contributed by atoms with van der Waals surface area (Å²) >= 11 is 0. The summed E-state index contributed by atoms with van der Waals surface area (Å²) in [5.41, 5.74) is 0. The van der Waals surface area contributed by atoms with Crippen LogP contribution in [0.3, 0.4) is 0 Å². The van der Waals surface area contributed by atoms with Gasteiger partial charge in [0.25, 0.3) is 5.91 Å². The van der Waals surface area contributed by atoms with Crippen LogP contribution in [0.4, 0.5) is 0 Å². The van der Waals surface area contributed by atoms with E-state index < -0.39 is 5.91 Å². The molecule has 2 amide bonds. The van der Waals surface area contributed by atoms with Gasteiger partial charge in [0.1, 0.15) is 0 Å². The van der Waals surface area contributed by atoms with Crippen LogP contribution in [-0.2, 0) is 9.53 Å². The third-order valence-corrected chi connectivity index (χ3v) is 3.84. The molecule has 1 atom stereocenters. The maximum Gasteiger partial charge on any atom is 0.287 e. The maximum absolute atomic E-state index is 11.6. The molecule has 0 spiro atoms. The van der Waals surface area contributed by atoms with Crippen LogP contribution in [0.5, 0.6) is 0 Å². The highest BCUT2D eigenvalue weighted by Crippen LogP contribution is 2.12. The predicted molar refractivity (Wildman–Crippen MR) is 92.8 cm³/mol. The van der Waals surface area contributed by atoms with Crippen LogP contribution in [0.25, 0.3) is 0 Å². The molecule has 0 bridgehead atoms. The van der Waals surface area contributed by atoms with Crippen LogP contribution < -0.4 is 10.6 Å². The average Bonchev–Trinajstić information content (AvgIpc) is 3.13. The number of hydrogen-bond acceptors (Lipinski definition) is 4. The number of carbonyl (C=O) groups excluding carboxylic acids is 2. The molecule has 24 heavy (non-hydrogen) atoms. The molecule has 0 radical (unpaired) electrons. The summed E-state index contributed by atoms with van der Waals surface area (Å²) < 4.78 is 10.6. The molecule has 1 aromatic heterocycles. The van der Waals surface area contributed by atoms with E-state index in [1.807, 2.05) is 0 Å². The first-order chi connectivity index (χ1) is 11.7. The highest BCUT2D eigenvalue weighted by atomic mass is 16.5. The minimum atomic E-state index is -0.392. The zero-order valence-electron chi connectivity index (χ0n) is 14.8. The van der Waals surface area contributed by atoms with Crippen molar-refractivity contribution in [1.82, 2.24) is 10.6 Å². The van der Waals surface area contributed by atoms with Crippen LogP contribution in [0.2, 0.25) is 0 Å². The molecule has 0 aliphatic rings. The molecule has 6 nitrogen and oxygen atoms in total. The van der Waals surface area contributed by atoms with Gasteiger partial charge in [-0.1, -0.05) is 33.1 Å². The molecule has 136 valence electrons. The third kappa shape index (κ3) is 8.72. The molecule has 0 aliphatic carbocycles. The minimum absolute atomic E-state index is 0.0602. The Balaban J connectivity index is 2.00. The van der Waals surface area contributed by atoms with Crippen LogP contribution in [0.15, 0.2) is 22.8 Å². The fraction of sp³-hybridized carbons (Fsp3) is 0.667. The minimum Gasteiger partial charge on any atom is -0.459 e. The van der Waals surface area contributed by atoms with Gasteiger partial charge in [0.15, 0.2) is 5.76 Å².